The summed E-state index contributed by atoms with van der Waals surface area (Å²) < 4.78 is 0. The van der Waals surface area contributed by atoms with Gasteiger partial charge < -0.3 is 10.4 Å². The molecule has 0 saturated carbocycles. The van der Waals surface area contributed by atoms with Crippen LogP contribution in [0.2, 0.25) is 5.02 Å². The SMILES string of the molecule is CCN(C(=O)Nc1cccc(Cl)c1)c1cccc(O)c1. The second kappa shape index (κ2) is 6.30. The molecule has 0 saturated heterocycles. The average Bonchev–Trinajstić information content (AvgIpc) is 2.39. The Balaban J connectivity index is 2.17. The third-order valence-electron chi connectivity index (χ3n) is 2.78. The first-order chi connectivity index (χ1) is 9.60. The Morgan fingerprint density at radius 2 is 2.00 bits per heavy atom. The normalized spacial score (nSPS) is 10.1. The molecule has 4 nitrogen and oxygen atoms in total. The summed E-state index contributed by atoms with van der Waals surface area (Å²) in [4.78, 5) is 13.8. The van der Waals surface area contributed by atoms with E-state index in [-0.39, 0.29) is 11.8 Å². The maximum absolute atomic E-state index is 12.3. The molecule has 104 valence electrons. The topological polar surface area (TPSA) is 52.6 Å². The smallest absolute Gasteiger partial charge is 0.326 e. The fourth-order valence-electron chi connectivity index (χ4n) is 1.86. The third-order valence-corrected chi connectivity index (χ3v) is 3.01. The van der Waals surface area contributed by atoms with Gasteiger partial charge in [-0.3, -0.25) is 4.90 Å². The Hall–Kier alpha value is -2.20. The summed E-state index contributed by atoms with van der Waals surface area (Å²) in [7, 11) is 0. The van der Waals surface area contributed by atoms with Crippen LogP contribution < -0.4 is 10.2 Å². The van der Waals surface area contributed by atoms with E-state index in [1.54, 1.807) is 48.5 Å². The summed E-state index contributed by atoms with van der Waals surface area (Å²) in [6.07, 6.45) is 0. The van der Waals surface area contributed by atoms with E-state index >= 15 is 0 Å². The van der Waals surface area contributed by atoms with Crippen LogP contribution in [-0.4, -0.2) is 17.7 Å². The first kappa shape index (κ1) is 14.2. The van der Waals surface area contributed by atoms with Gasteiger partial charge in [-0.25, -0.2) is 4.79 Å². The van der Waals surface area contributed by atoms with Crippen molar-refractivity contribution in [2.24, 2.45) is 0 Å². The number of phenols is 1. The number of aromatic hydroxyl groups is 1. The molecule has 5 heteroatoms. The van der Waals surface area contributed by atoms with Gasteiger partial charge in [0.25, 0.3) is 0 Å². The molecule has 0 aliphatic heterocycles. The number of benzene rings is 2. The van der Waals surface area contributed by atoms with Crippen LogP contribution in [0.3, 0.4) is 0 Å². The first-order valence-electron chi connectivity index (χ1n) is 6.23. The maximum atomic E-state index is 12.3. The van der Waals surface area contributed by atoms with Gasteiger partial charge in [-0.2, -0.15) is 0 Å². The number of halogens is 1. The van der Waals surface area contributed by atoms with Gasteiger partial charge in [0.05, 0.1) is 0 Å². The number of amides is 2. The number of carbonyl (C=O) groups is 1. The number of hydrogen-bond acceptors (Lipinski definition) is 2. The highest BCUT2D eigenvalue weighted by molar-refractivity contribution is 6.30. The van der Waals surface area contributed by atoms with Gasteiger partial charge in [-0.1, -0.05) is 23.7 Å². The molecule has 0 spiro atoms. The van der Waals surface area contributed by atoms with E-state index in [4.69, 9.17) is 11.6 Å². The summed E-state index contributed by atoms with van der Waals surface area (Å²) in [6, 6.07) is 13.2. The van der Waals surface area contributed by atoms with Gasteiger partial charge in [0.2, 0.25) is 0 Å². The van der Waals surface area contributed by atoms with E-state index in [9.17, 15) is 9.90 Å². The van der Waals surface area contributed by atoms with Crippen LogP contribution in [0.25, 0.3) is 0 Å². The van der Waals surface area contributed by atoms with Crippen LogP contribution in [0.5, 0.6) is 5.75 Å². The van der Waals surface area contributed by atoms with Crippen molar-refractivity contribution in [2.75, 3.05) is 16.8 Å². The summed E-state index contributed by atoms with van der Waals surface area (Å²) >= 11 is 5.88. The third kappa shape index (κ3) is 3.42. The lowest BCUT2D eigenvalue weighted by Crippen LogP contribution is -2.34. The predicted molar refractivity (Wildman–Crippen MR) is 81.6 cm³/mol. The van der Waals surface area contributed by atoms with Crippen LogP contribution in [0.1, 0.15) is 6.92 Å². The van der Waals surface area contributed by atoms with E-state index in [1.165, 1.54) is 4.90 Å². The molecule has 2 amide bonds. The number of phenolic OH excluding ortho intramolecular Hbond substituents is 1. The molecule has 0 atom stereocenters. The lowest BCUT2D eigenvalue weighted by Gasteiger charge is -2.21. The van der Waals surface area contributed by atoms with Gasteiger partial charge in [0.15, 0.2) is 0 Å². The molecule has 0 bridgehead atoms. The highest BCUT2D eigenvalue weighted by Crippen LogP contribution is 2.21. The highest BCUT2D eigenvalue weighted by atomic mass is 35.5. The van der Waals surface area contributed by atoms with Crippen molar-refractivity contribution in [1.29, 1.82) is 0 Å². The number of anilines is 2. The number of rotatable bonds is 3. The Labute approximate surface area is 122 Å². The van der Waals surface area contributed by atoms with Gasteiger partial charge in [-0.05, 0) is 37.3 Å². The summed E-state index contributed by atoms with van der Waals surface area (Å²) in [6.45, 7) is 2.34. The Kier molecular flexibility index (Phi) is 4.48. The number of nitrogens with zero attached hydrogens (tertiary/aromatic N) is 1. The predicted octanol–water partition coefficient (Wildman–Crippen LogP) is 4.10. The number of nitrogens with one attached hydrogen (secondary N) is 1. The summed E-state index contributed by atoms with van der Waals surface area (Å²) in [5.74, 6) is 0.122. The molecular formula is C15H15ClN2O2. The first-order valence-corrected chi connectivity index (χ1v) is 6.61. The quantitative estimate of drug-likeness (QED) is 0.894. The van der Waals surface area contributed by atoms with Gasteiger partial charge in [-0.15, -0.1) is 0 Å². The van der Waals surface area contributed by atoms with Crippen LogP contribution in [-0.2, 0) is 0 Å². The average molecular weight is 291 g/mol. The zero-order valence-electron chi connectivity index (χ0n) is 11.0. The maximum Gasteiger partial charge on any atom is 0.326 e. The minimum Gasteiger partial charge on any atom is -0.508 e. The van der Waals surface area contributed by atoms with E-state index in [0.717, 1.165) is 0 Å². The van der Waals surface area contributed by atoms with E-state index in [1.807, 2.05) is 6.92 Å². The van der Waals surface area contributed by atoms with Gasteiger partial charge in [0.1, 0.15) is 5.75 Å². The van der Waals surface area contributed by atoms with Crippen LogP contribution in [0, 0.1) is 0 Å². The van der Waals surface area contributed by atoms with Crippen molar-refractivity contribution in [3.05, 3.63) is 53.6 Å². The monoisotopic (exact) mass is 290 g/mol. The molecule has 0 aliphatic carbocycles. The fourth-order valence-corrected chi connectivity index (χ4v) is 2.05. The largest absolute Gasteiger partial charge is 0.508 e. The lowest BCUT2D eigenvalue weighted by atomic mass is 10.2. The molecule has 0 radical (unpaired) electrons. The molecule has 2 rings (SSSR count). The molecule has 20 heavy (non-hydrogen) atoms. The molecule has 0 fully saturated rings. The second-order valence-electron chi connectivity index (χ2n) is 4.20. The molecule has 2 aromatic rings. The second-order valence-corrected chi connectivity index (χ2v) is 4.64. The molecule has 0 aromatic heterocycles. The minimum atomic E-state index is -0.277. The standard InChI is InChI=1S/C15H15ClN2O2/c1-2-18(13-7-4-8-14(19)10-13)15(20)17-12-6-3-5-11(16)9-12/h3-10,19H,2H2,1H3,(H,17,20). The Morgan fingerprint density at radius 3 is 2.65 bits per heavy atom. The number of carbonyl (C=O) groups excluding carboxylic acids is 1. The van der Waals surface area contributed by atoms with E-state index in [0.29, 0.717) is 22.9 Å². The van der Waals surface area contributed by atoms with Crippen LogP contribution >= 0.6 is 11.6 Å². The molecule has 0 heterocycles. The molecule has 2 aromatic carbocycles. The minimum absolute atomic E-state index is 0.122. The van der Waals surface area contributed by atoms with Crippen molar-refractivity contribution in [3.8, 4) is 5.75 Å². The zero-order chi connectivity index (χ0) is 14.5. The number of hydrogen-bond donors (Lipinski definition) is 2. The van der Waals surface area contributed by atoms with Crippen LogP contribution in [0.15, 0.2) is 48.5 Å². The van der Waals surface area contributed by atoms with E-state index < -0.39 is 0 Å². The highest BCUT2D eigenvalue weighted by Gasteiger charge is 2.14. The molecule has 0 aliphatic rings. The van der Waals surface area contributed by atoms with Crippen molar-refractivity contribution in [1.82, 2.24) is 0 Å². The summed E-state index contributed by atoms with van der Waals surface area (Å²) in [5.41, 5.74) is 1.26. The van der Waals surface area contributed by atoms with Crippen molar-refractivity contribution < 1.29 is 9.90 Å². The molecular weight excluding hydrogens is 276 g/mol. The molecule has 0 unspecified atom stereocenters. The van der Waals surface area contributed by atoms with Crippen molar-refractivity contribution >= 4 is 29.0 Å². The Morgan fingerprint density at radius 1 is 1.25 bits per heavy atom. The number of urea groups is 1. The van der Waals surface area contributed by atoms with E-state index in [2.05, 4.69) is 5.32 Å². The Bertz CT molecular complexity index is 616. The lowest BCUT2D eigenvalue weighted by molar-refractivity contribution is 0.257. The van der Waals surface area contributed by atoms with Crippen molar-refractivity contribution in [2.45, 2.75) is 6.92 Å². The van der Waals surface area contributed by atoms with Crippen LogP contribution in [0.4, 0.5) is 16.2 Å². The van der Waals surface area contributed by atoms with Gasteiger partial charge >= 0.3 is 6.03 Å². The fraction of sp³-hybridized carbons (Fsp3) is 0.133. The summed E-state index contributed by atoms with van der Waals surface area (Å²) in [5, 5.41) is 12.8. The zero-order valence-corrected chi connectivity index (χ0v) is 11.8. The van der Waals surface area contributed by atoms with Gasteiger partial charge in [0, 0.05) is 29.0 Å². The van der Waals surface area contributed by atoms with Crippen molar-refractivity contribution in [3.63, 3.8) is 0 Å². The molecule has 2 N–H and O–H groups in total.